The van der Waals surface area contributed by atoms with E-state index in [9.17, 15) is 14.4 Å². The molecule has 0 unspecified atom stereocenters. The molecule has 3 rings (SSSR count). The molecule has 0 atom stereocenters. The zero-order valence-corrected chi connectivity index (χ0v) is 16.9. The van der Waals surface area contributed by atoms with Gasteiger partial charge in [0, 0.05) is 5.69 Å². The van der Waals surface area contributed by atoms with Gasteiger partial charge in [-0.15, -0.1) is 0 Å². The molecule has 162 valence electrons. The summed E-state index contributed by atoms with van der Waals surface area (Å²) in [6.07, 6.45) is 0. The lowest BCUT2D eigenvalue weighted by Gasteiger charge is -2.08. The average Bonchev–Trinajstić information content (AvgIpc) is 2.78. The van der Waals surface area contributed by atoms with Gasteiger partial charge in [-0.3, -0.25) is 4.79 Å². The van der Waals surface area contributed by atoms with Crippen LogP contribution >= 0.6 is 0 Å². The zero-order valence-electron chi connectivity index (χ0n) is 16.9. The molecule has 0 spiro atoms. The highest BCUT2D eigenvalue weighted by Crippen LogP contribution is 2.17. The van der Waals surface area contributed by atoms with Gasteiger partial charge in [0.05, 0.1) is 16.8 Å². The van der Waals surface area contributed by atoms with Gasteiger partial charge in [0.2, 0.25) is 0 Å². The van der Waals surface area contributed by atoms with Crippen molar-refractivity contribution in [2.24, 2.45) is 16.5 Å². The Kier molecular flexibility index (Phi) is 7.16. The molecule has 0 aliphatic carbocycles. The Morgan fingerprint density at radius 1 is 0.781 bits per heavy atom. The summed E-state index contributed by atoms with van der Waals surface area (Å²) in [5.74, 6) is -1.58. The quantitative estimate of drug-likeness (QED) is 0.225. The number of amides is 1. The third kappa shape index (κ3) is 6.42. The monoisotopic (exact) mass is 432 g/mol. The summed E-state index contributed by atoms with van der Waals surface area (Å²) in [5, 5.41) is 2.61. The fourth-order valence-corrected chi connectivity index (χ4v) is 2.58. The van der Waals surface area contributed by atoms with E-state index in [1.807, 2.05) is 6.07 Å². The van der Waals surface area contributed by atoms with Crippen molar-refractivity contribution in [2.75, 3.05) is 11.9 Å². The average molecular weight is 432 g/mol. The highest BCUT2D eigenvalue weighted by Gasteiger charge is 2.12. The first-order valence-corrected chi connectivity index (χ1v) is 9.44. The number of para-hydroxylation sites is 1. The molecular weight excluding hydrogens is 412 g/mol. The number of carbonyl (C=O) groups excluding carboxylic acids is 3. The number of benzene rings is 3. The Labute approximate surface area is 183 Å². The second kappa shape index (κ2) is 10.4. The van der Waals surface area contributed by atoms with Crippen LogP contribution in [0, 0.1) is 0 Å². The molecular formula is C23H20N4O5. The largest absolute Gasteiger partial charge is 0.452 e. The Hall–Kier alpha value is -4.66. The summed E-state index contributed by atoms with van der Waals surface area (Å²) in [4.78, 5) is 40.1. The van der Waals surface area contributed by atoms with Gasteiger partial charge in [-0.2, -0.15) is 0 Å². The normalized spacial score (nSPS) is 10.0. The molecule has 0 saturated heterocycles. The van der Waals surface area contributed by atoms with Gasteiger partial charge in [-0.25, -0.2) is 14.6 Å². The zero-order chi connectivity index (χ0) is 22.9. The number of carbonyl (C=O) groups is 3. The van der Waals surface area contributed by atoms with E-state index >= 15 is 0 Å². The molecule has 0 radical (unpaired) electrons. The van der Waals surface area contributed by atoms with Crippen molar-refractivity contribution in [3.8, 4) is 5.75 Å². The molecule has 0 bridgehead atoms. The van der Waals surface area contributed by atoms with Crippen LogP contribution in [0.2, 0.25) is 0 Å². The van der Waals surface area contributed by atoms with Crippen molar-refractivity contribution in [1.29, 1.82) is 0 Å². The minimum atomic E-state index is -0.679. The lowest BCUT2D eigenvalue weighted by molar-refractivity contribution is -0.119. The number of nitrogens with one attached hydrogen (secondary N) is 1. The van der Waals surface area contributed by atoms with E-state index in [0.29, 0.717) is 16.9 Å². The number of guanidine groups is 1. The van der Waals surface area contributed by atoms with Gasteiger partial charge in [-0.1, -0.05) is 18.2 Å². The molecule has 3 aromatic carbocycles. The van der Waals surface area contributed by atoms with Crippen molar-refractivity contribution in [2.45, 2.75) is 0 Å². The highest BCUT2D eigenvalue weighted by molar-refractivity contribution is 5.95. The molecule has 0 aromatic heterocycles. The number of rotatable bonds is 7. The van der Waals surface area contributed by atoms with E-state index in [1.165, 1.54) is 36.4 Å². The summed E-state index contributed by atoms with van der Waals surface area (Å²) in [6, 6.07) is 20.8. The van der Waals surface area contributed by atoms with Gasteiger partial charge in [0.15, 0.2) is 12.6 Å². The van der Waals surface area contributed by atoms with Crippen molar-refractivity contribution in [3.63, 3.8) is 0 Å². The number of aliphatic imine (C=N–C) groups is 1. The van der Waals surface area contributed by atoms with Gasteiger partial charge in [-0.05, 0) is 60.7 Å². The van der Waals surface area contributed by atoms with E-state index in [-0.39, 0.29) is 17.3 Å². The molecule has 0 saturated carbocycles. The molecule has 0 aliphatic rings. The predicted molar refractivity (Wildman–Crippen MR) is 119 cm³/mol. The number of anilines is 1. The van der Waals surface area contributed by atoms with Crippen LogP contribution in [0.3, 0.4) is 0 Å². The standard InChI is InChI=1S/C23H20N4O5/c24-23(25)27-18-10-6-16(7-11-18)22(30)32-19-12-8-15(9-13-19)21(29)31-14-20(28)26-17-4-2-1-3-5-17/h1-13H,14H2,(H,26,28)(H4,24,25,27). The number of esters is 2. The van der Waals surface area contributed by atoms with Crippen molar-refractivity contribution in [3.05, 3.63) is 90.0 Å². The van der Waals surface area contributed by atoms with E-state index < -0.39 is 24.5 Å². The number of ether oxygens (including phenoxy) is 2. The molecule has 5 N–H and O–H groups in total. The minimum absolute atomic E-state index is 0.0873. The summed E-state index contributed by atoms with van der Waals surface area (Å²) >= 11 is 0. The first-order valence-electron chi connectivity index (χ1n) is 9.44. The van der Waals surface area contributed by atoms with Crippen LogP contribution in [0.5, 0.6) is 5.75 Å². The number of hydrogen-bond acceptors (Lipinski definition) is 6. The lowest BCUT2D eigenvalue weighted by atomic mass is 10.2. The number of nitrogens with zero attached hydrogens (tertiary/aromatic N) is 1. The first kappa shape index (κ1) is 22.0. The SMILES string of the molecule is NC(N)=Nc1ccc(C(=O)Oc2ccc(C(=O)OCC(=O)Nc3ccccc3)cc2)cc1. The molecule has 0 fully saturated rings. The van der Waals surface area contributed by atoms with E-state index in [0.717, 1.165) is 0 Å². The maximum absolute atomic E-state index is 12.3. The first-order chi connectivity index (χ1) is 15.4. The summed E-state index contributed by atoms with van der Waals surface area (Å²) in [5.41, 5.74) is 12.2. The smallest absolute Gasteiger partial charge is 0.343 e. The molecule has 32 heavy (non-hydrogen) atoms. The van der Waals surface area contributed by atoms with Crippen LogP contribution in [0.1, 0.15) is 20.7 Å². The Balaban J connectivity index is 1.51. The highest BCUT2D eigenvalue weighted by atomic mass is 16.5. The Morgan fingerprint density at radius 2 is 1.38 bits per heavy atom. The summed E-state index contributed by atoms with van der Waals surface area (Å²) in [7, 11) is 0. The van der Waals surface area contributed by atoms with Crippen molar-refractivity contribution >= 4 is 35.2 Å². The van der Waals surface area contributed by atoms with Crippen molar-refractivity contribution < 1.29 is 23.9 Å². The van der Waals surface area contributed by atoms with Gasteiger partial charge >= 0.3 is 11.9 Å². The third-order valence-corrected chi connectivity index (χ3v) is 4.05. The van der Waals surface area contributed by atoms with Crippen LogP contribution in [0.25, 0.3) is 0 Å². The summed E-state index contributed by atoms with van der Waals surface area (Å²) in [6.45, 7) is -0.430. The molecule has 9 nitrogen and oxygen atoms in total. The second-order valence-electron chi connectivity index (χ2n) is 6.49. The third-order valence-electron chi connectivity index (χ3n) is 4.05. The molecule has 3 aromatic rings. The van der Waals surface area contributed by atoms with E-state index in [1.54, 1.807) is 36.4 Å². The van der Waals surface area contributed by atoms with Gasteiger partial charge in [0.25, 0.3) is 5.91 Å². The molecule has 0 aliphatic heterocycles. The fourth-order valence-electron chi connectivity index (χ4n) is 2.58. The molecule has 1 amide bonds. The fraction of sp³-hybridized carbons (Fsp3) is 0.0435. The Morgan fingerprint density at radius 3 is 2.00 bits per heavy atom. The predicted octanol–water partition coefficient (Wildman–Crippen LogP) is 2.61. The van der Waals surface area contributed by atoms with Crippen LogP contribution < -0.4 is 21.5 Å². The molecule has 9 heteroatoms. The number of hydrogen-bond donors (Lipinski definition) is 3. The van der Waals surface area contributed by atoms with Crippen molar-refractivity contribution in [1.82, 2.24) is 0 Å². The number of nitrogens with two attached hydrogens (primary N) is 2. The van der Waals surface area contributed by atoms with Crippen LogP contribution in [-0.2, 0) is 9.53 Å². The molecule has 0 heterocycles. The maximum Gasteiger partial charge on any atom is 0.343 e. The maximum atomic E-state index is 12.3. The topological polar surface area (TPSA) is 146 Å². The van der Waals surface area contributed by atoms with Crippen LogP contribution in [-0.4, -0.2) is 30.4 Å². The second-order valence-corrected chi connectivity index (χ2v) is 6.49. The lowest BCUT2D eigenvalue weighted by Crippen LogP contribution is -2.21. The van der Waals surface area contributed by atoms with E-state index in [4.69, 9.17) is 20.9 Å². The van der Waals surface area contributed by atoms with E-state index in [2.05, 4.69) is 10.3 Å². The minimum Gasteiger partial charge on any atom is -0.452 e. The van der Waals surface area contributed by atoms with Crippen LogP contribution in [0.15, 0.2) is 83.9 Å². The van der Waals surface area contributed by atoms with Crippen LogP contribution in [0.4, 0.5) is 11.4 Å². The Bertz CT molecular complexity index is 1120. The summed E-state index contributed by atoms with van der Waals surface area (Å²) < 4.78 is 10.3. The van der Waals surface area contributed by atoms with Gasteiger partial charge in [0.1, 0.15) is 5.75 Å². The van der Waals surface area contributed by atoms with Gasteiger partial charge < -0.3 is 26.3 Å².